The molecule has 2 aliphatic rings. The van der Waals surface area contributed by atoms with Crippen molar-refractivity contribution in [2.45, 2.75) is 12.7 Å². The lowest BCUT2D eigenvalue weighted by atomic mass is 10.1. The van der Waals surface area contributed by atoms with Gasteiger partial charge in [0.25, 0.3) is 0 Å². The summed E-state index contributed by atoms with van der Waals surface area (Å²) in [7, 11) is 0. The summed E-state index contributed by atoms with van der Waals surface area (Å²) in [4.78, 5) is 2.36. The van der Waals surface area contributed by atoms with E-state index in [-0.39, 0.29) is 0 Å². The molecule has 0 spiro atoms. The molecule has 1 saturated heterocycles. The summed E-state index contributed by atoms with van der Waals surface area (Å²) in [5, 5.41) is 3.43. The van der Waals surface area contributed by atoms with Gasteiger partial charge in [0.15, 0.2) is 0 Å². The van der Waals surface area contributed by atoms with E-state index in [0.717, 1.165) is 19.8 Å². The van der Waals surface area contributed by atoms with E-state index in [1.54, 1.807) is 0 Å². The van der Waals surface area contributed by atoms with Crippen molar-refractivity contribution in [1.82, 2.24) is 16.2 Å². The highest BCUT2D eigenvalue weighted by molar-refractivity contribution is 5.55. The van der Waals surface area contributed by atoms with Crippen LogP contribution < -0.4 is 21.1 Å². The van der Waals surface area contributed by atoms with Crippen molar-refractivity contribution in [3.05, 3.63) is 29.8 Å². The van der Waals surface area contributed by atoms with Gasteiger partial charge in [0.1, 0.15) is 6.17 Å². The van der Waals surface area contributed by atoms with Crippen molar-refractivity contribution in [3.63, 3.8) is 0 Å². The predicted molar refractivity (Wildman–Crippen MR) is 55.6 cm³/mol. The Morgan fingerprint density at radius 1 is 1.29 bits per heavy atom. The minimum absolute atomic E-state index is 0.374. The molecule has 2 aliphatic heterocycles. The van der Waals surface area contributed by atoms with Crippen LogP contribution in [0.2, 0.25) is 0 Å². The molecule has 0 amide bonds. The monoisotopic (exact) mass is 190 g/mol. The molecule has 0 aliphatic carbocycles. The van der Waals surface area contributed by atoms with Crippen LogP contribution >= 0.6 is 0 Å². The van der Waals surface area contributed by atoms with Gasteiger partial charge in [-0.15, -0.1) is 0 Å². The average Bonchev–Trinajstić information content (AvgIpc) is 2.61. The fourth-order valence-electron chi connectivity index (χ4n) is 2.14. The molecular formula is C10H14N4. The van der Waals surface area contributed by atoms with Gasteiger partial charge < -0.3 is 10.2 Å². The van der Waals surface area contributed by atoms with Crippen LogP contribution in [0, 0.1) is 0 Å². The van der Waals surface area contributed by atoms with E-state index in [1.165, 1.54) is 11.3 Å². The topological polar surface area (TPSA) is 39.3 Å². The number of rotatable bonds is 0. The van der Waals surface area contributed by atoms with Crippen LogP contribution in [0.4, 0.5) is 5.69 Å². The summed E-state index contributed by atoms with van der Waals surface area (Å²) in [5.74, 6) is 0. The lowest BCUT2D eigenvalue weighted by Crippen LogP contribution is -2.42. The first-order chi connectivity index (χ1) is 6.95. The number of para-hydroxylation sites is 1. The number of hydrazine groups is 1. The smallest absolute Gasteiger partial charge is 0.106 e. The molecule has 1 atom stereocenters. The lowest BCUT2D eigenvalue weighted by molar-refractivity contribution is 0.517. The summed E-state index contributed by atoms with van der Waals surface area (Å²) in [6, 6.07) is 8.56. The Hall–Kier alpha value is -1.10. The van der Waals surface area contributed by atoms with Crippen molar-refractivity contribution >= 4 is 5.69 Å². The first kappa shape index (κ1) is 8.23. The normalized spacial score (nSPS) is 25.4. The van der Waals surface area contributed by atoms with Crippen molar-refractivity contribution in [2.75, 3.05) is 18.1 Å². The molecule has 1 aromatic rings. The molecule has 3 rings (SSSR count). The Morgan fingerprint density at radius 2 is 2.21 bits per heavy atom. The van der Waals surface area contributed by atoms with Crippen molar-refractivity contribution in [2.24, 2.45) is 0 Å². The summed E-state index contributed by atoms with van der Waals surface area (Å²) in [5.41, 5.74) is 9.13. The maximum atomic E-state index is 3.43. The van der Waals surface area contributed by atoms with Crippen molar-refractivity contribution in [3.8, 4) is 0 Å². The highest BCUT2D eigenvalue weighted by Crippen LogP contribution is 2.24. The molecule has 4 nitrogen and oxygen atoms in total. The fraction of sp³-hybridized carbons (Fsp3) is 0.400. The number of anilines is 1. The van der Waals surface area contributed by atoms with E-state index in [4.69, 9.17) is 0 Å². The minimum Gasteiger partial charge on any atom is -0.339 e. The molecule has 0 bridgehead atoms. The summed E-state index contributed by atoms with van der Waals surface area (Å²) in [6.45, 7) is 2.82. The quantitative estimate of drug-likeness (QED) is 0.538. The first-order valence-electron chi connectivity index (χ1n) is 4.99. The third-order valence-corrected chi connectivity index (χ3v) is 2.85. The second kappa shape index (κ2) is 3.24. The van der Waals surface area contributed by atoms with Gasteiger partial charge in [0.2, 0.25) is 0 Å². The van der Waals surface area contributed by atoms with Gasteiger partial charge in [-0.3, -0.25) is 0 Å². The van der Waals surface area contributed by atoms with Crippen LogP contribution in [-0.4, -0.2) is 19.4 Å². The van der Waals surface area contributed by atoms with E-state index < -0.39 is 0 Å². The van der Waals surface area contributed by atoms with E-state index in [1.807, 2.05) is 0 Å². The van der Waals surface area contributed by atoms with Gasteiger partial charge >= 0.3 is 0 Å². The Kier molecular flexibility index (Phi) is 1.90. The van der Waals surface area contributed by atoms with Gasteiger partial charge in [-0.1, -0.05) is 18.2 Å². The Labute approximate surface area is 83.3 Å². The zero-order valence-corrected chi connectivity index (χ0v) is 7.96. The molecule has 2 heterocycles. The number of nitrogens with one attached hydrogen (secondary N) is 3. The molecule has 0 radical (unpaired) electrons. The highest BCUT2D eigenvalue weighted by atomic mass is 15.6. The zero-order chi connectivity index (χ0) is 9.38. The van der Waals surface area contributed by atoms with Crippen LogP contribution in [0.25, 0.3) is 0 Å². The molecule has 0 saturated carbocycles. The third kappa shape index (κ3) is 1.19. The fourth-order valence-corrected chi connectivity index (χ4v) is 2.14. The average molecular weight is 190 g/mol. The van der Waals surface area contributed by atoms with Crippen molar-refractivity contribution < 1.29 is 0 Å². The molecule has 4 heteroatoms. The SMILES string of the molecule is c1ccc2c(c1)CNCC1NNCN21. The van der Waals surface area contributed by atoms with Crippen LogP contribution in [0.1, 0.15) is 5.56 Å². The maximum absolute atomic E-state index is 3.43. The van der Waals surface area contributed by atoms with E-state index in [9.17, 15) is 0 Å². The number of benzene rings is 1. The molecule has 1 aromatic carbocycles. The highest BCUT2D eigenvalue weighted by Gasteiger charge is 2.27. The van der Waals surface area contributed by atoms with Gasteiger partial charge in [-0.2, -0.15) is 0 Å². The molecule has 3 N–H and O–H groups in total. The summed E-state index contributed by atoms with van der Waals surface area (Å²) >= 11 is 0. The van der Waals surface area contributed by atoms with Gasteiger partial charge in [0.05, 0.1) is 6.67 Å². The number of hydrogen-bond donors (Lipinski definition) is 3. The zero-order valence-electron chi connectivity index (χ0n) is 7.96. The first-order valence-corrected chi connectivity index (χ1v) is 4.99. The molecule has 1 unspecified atom stereocenters. The second-order valence-corrected chi connectivity index (χ2v) is 3.72. The van der Waals surface area contributed by atoms with E-state index in [0.29, 0.717) is 6.17 Å². The van der Waals surface area contributed by atoms with E-state index >= 15 is 0 Å². The van der Waals surface area contributed by atoms with E-state index in [2.05, 4.69) is 45.3 Å². The van der Waals surface area contributed by atoms with Crippen LogP contribution in [0.5, 0.6) is 0 Å². The van der Waals surface area contributed by atoms with Crippen LogP contribution in [0.15, 0.2) is 24.3 Å². The summed E-state index contributed by atoms with van der Waals surface area (Å²) < 4.78 is 0. The van der Waals surface area contributed by atoms with Gasteiger partial charge in [-0.05, 0) is 11.6 Å². The third-order valence-electron chi connectivity index (χ3n) is 2.85. The Morgan fingerprint density at radius 3 is 3.21 bits per heavy atom. The molecule has 0 aromatic heterocycles. The van der Waals surface area contributed by atoms with Crippen molar-refractivity contribution in [1.29, 1.82) is 0 Å². The maximum Gasteiger partial charge on any atom is 0.106 e. The molecule has 1 fully saturated rings. The molecule has 14 heavy (non-hydrogen) atoms. The largest absolute Gasteiger partial charge is 0.339 e. The minimum atomic E-state index is 0.374. The van der Waals surface area contributed by atoms with Crippen LogP contribution in [0.3, 0.4) is 0 Å². The molecule has 74 valence electrons. The second-order valence-electron chi connectivity index (χ2n) is 3.72. The number of hydrogen-bond acceptors (Lipinski definition) is 4. The lowest BCUT2D eigenvalue weighted by Gasteiger charge is -2.23. The van der Waals surface area contributed by atoms with Crippen LogP contribution in [-0.2, 0) is 6.54 Å². The Balaban J connectivity index is 2.04. The summed E-state index contributed by atoms with van der Waals surface area (Å²) in [6.07, 6.45) is 0.374. The standard InChI is InChI=1S/C10H14N4/c1-2-4-9-8(3-1)5-11-6-10-13-12-7-14(9)10/h1-4,10-13H,5-7H2. The Bertz CT molecular complexity index is 339. The predicted octanol–water partition coefficient (Wildman–Crippen LogP) is -0.0124. The van der Waals surface area contributed by atoms with Gasteiger partial charge in [-0.25, -0.2) is 10.9 Å². The number of nitrogens with zero attached hydrogens (tertiary/aromatic N) is 1. The van der Waals surface area contributed by atoms with Gasteiger partial charge in [0, 0.05) is 18.8 Å². The molecular weight excluding hydrogens is 176 g/mol. The number of fused-ring (bicyclic) bond motifs is 3.